The zero-order valence-corrected chi connectivity index (χ0v) is 15.9. The Morgan fingerprint density at radius 2 is 1.09 bits per heavy atom. The third-order valence-electron chi connectivity index (χ3n) is 3.72. The SMILES string of the molecule is CCCCCCCCCCCCCCCCSOS(N)(=O)=O. The summed E-state index contributed by atoms with van der Waals surface area (Å²) in [5.74, 6) is 0.689. The van der Waals surface area contributed by atoms with Crippen LogP contribution < -0.4 is 5.14 Å². The van der Waals surface area contributed by atoms with Crippen LogP contribution in [0, 0.1) is 0 Å². The fourth-order valence-corrected chi connectivity index (χ4v) is 3.59. The third kappa shape index (κ3) is 20.2. The van der Waals surface area contributed by atoms with Crippen LogP contribution in [-0.2, 0) is 13.9 Å². The Morgan fingerprint density at radius 3 is 1.45 bits per heavy atom. The number of rotatable bonds is 17. The average molecular weight is 354 g/mol. The molecule has 4 nitrogen and oxygen atoms in total. The molecule has 0 unspecified atom stereocenters. The highest BCUT2D eigenvalue weighted by Gasteiger charge is 2.02. The van der Waals surface area contributed by atoms with Crippen LogP contribution in [0.3, 0.4) is 0 Å². The molecule has 134 valence electrons. The van der Waals surface area contributed by atoms with Crippen molar-refractivity contribution >= 4 is 22.3 Å². The molecule has 0 radical (unpaired) electrons. The molecule has 0 rings (SSSR count). The Morgan fingerprint density at radius 1 is 0.727 bits per heavy atom. The van der Waals surface area contributed by atoms with E-state index in [0.717, 1.165) is 24.9 Å². The van der Waals surface area contributed by atoms with Crippen LogP contribution in [0.15, 0.2) is 0 Å². The standard InChI is InChI=1S/C16H35NO3S2/c1-2-3-4-5-6-7-8-9-10-11-12-13-14-15-16-21-20-22(17,18)19/h2-16H2,1H3,(H2,17,18,19). The number of nitrogens with two attached hydrogens (primary N) is 1. The molecule has 0 amide bonds. The monoisotopic (exact) mass is 353 g/mol. The first-order valence-corrected chi connectivity index (χ1v) is 11.3. The predicted molar refractivity (Wildman–Crippen MR) is 97.0 cm³/mol. The Balaban J connectivity index is 3.03. The van der Waals surface area contributed by atoms with Crippen LogP contribution in [0.4, 0.5) is 0 Å². The van der Waals surface area contributed by atoms with Gasteiger partial charge in [-0.25, -0.2) is 5.14 Å². The highest BCUT2D eigenvalue weighted by molar-refractivity contribution is 8.03. The van der Waals surface area contributed by atoms with E-state index in [1.807, 2.05) is 0 Å². The molecule has 2 N–H and O–H groups in total. The van der Waals surface area contributed by atoms with Gasteiger partial charge in [0.1, 0.15) is 0 Å². The van der Waals surface area contributed by atoms with Crippen LogP contribution in [0.2, 0.25) is 0 Å². The molecule has 0 fully saturated rings. The molecule has 0 aliphatic carbocycles. The van der Waals surface area contributed by atoms with E-state index in [1.54, 1.807) is 0 Å². The number of hydrogen-bond acceptors (Lipinski definition) is 4. The molecule has 0 spiro atoms. The van der Waals surface area contributed by atoms with E-state index < -0.39 is 10.3 Å². The van der Waals surface area contributed by atoms with E-state index in [-0.39, 0.29) is 0 Å². The lowest BCUT2D eigenvalue weighted by atomic mass is 10.0. The summed E-state index contributed by atoms with van der Waals surface area (Å²) in [6.07, 6.45) is 18.5. The van der Waals surface area contributed by atoms with Gasteiger partial charge in [-0.3, -0.25) is 0 Å². The maximum Gasteiger partial charge on any atom is 0.344 e. The van der Waals surface area contributed by atoms with Crippen molar-refractivity contribution < 1.29 is 12.0 Å². The van der Waals surface area contributed by atoms with Gasteiger partial charge in [0, 0.05) is 17.8 Å². The largest absolute Gasteiger partial charge is 0.344 e. The molecule has 0 aliphatic heterocycles. The summed E-state index contributed by atoms with van der Waals surface area (Å²) in [5, 5.41) is 4.73. The zero-order valence-electron chi connectivity index (χ0n) is 14.2. The fourth-order valence-electron chi connectivity index (χ4n) is 2.46. The Hall–Kier alpha value is 0.220. The molecule has 0 aromatic rings. The van der Waals surface area contributed by atoms with Crippen molar-refractivity contribution in [1.82, 2.24) is 0 Å². The first-order valence-electron chi connectivity index (χ1n) is 8.90. The minimum atomic E-state index is -3.78. The van der Waals surface area contributed by atoms with Gasteiger partial charge < -0.3 is 0 Å². The second-order valence-corrected chi connectivity index (χ2v) is 8.15. The van der Waals surface area contributed by atoms with Crippen LogP contribution in [0.5, 0.6) is 0 Å². The molecule has 0 saturated carbocycles. The minimum Gasteiger partial charge on any atom is -0.205 e. The summed E-state index contributed by atoms with van der Waals surface area (Å²) in [6, 6.07) is 0. The lowest BCUT2D eigenvalue weighted by Crippen LogP contribution is -2.12. The second kappa shape index (κ2) is 16.1. The van der Waals surface area contributed by atoms with Crippen LogP contribution in [0.1, 0.15) is 96.8 Å². The molecule has 0 saturated heterocycles. The molecule has 6 heteroatoms. The van der Waals surface area contributed by atoms with Crippen molar-refractivity contribution in [2.45, 2.75) is 96.8 Å². The van der Waals surface area contributed by atoms with Crippen molar-refractivity contribution in [2.75, 3.05) is 5.75 Å². The van der Waals surface area contributed by atoms with Gasteiger partial charge in [0.25, 0.3) is 0 Å². The molecule has 0 bridgehead atoms. The van der Waals surface area contributed by atoms with Crippen molar-refractivity contribution in [3.63, 3.8) is 0 Å². The van der Waals surface area contributed by atoms with Crippen LogP contribution in [0.25, 0.3) is 0 Å². The smallest absolute Gasteiger partial charge is 0.205 e. The van der Waals surface area contributed by atoms with Gasteiger partial charge >= 0.3 is 10.3 Å². The van der Waals surface area contributed by atoms with Gasteiger partial charge in [-0.05, 0) is 6.42 Å². The first kappa shape index (κ1) is 22.2. The fraction of sp³-hybridized carbons (Fsp3) is 1.00. The van der Waals surface area contributed by atoms with Gasteiger partial charge in [-0.15, -0.1) is 0 Å². The average Bonchev–Trinajstić information content (AvgIpc) is 2.45. The second-order valence-electron chi connectivity index (χ2n) is 5.98. The van der Waals surface area contributed by atoms with Gasteiger partial charge in [-0.2, -0.15) is 12.0 Å². The molecular weight excluding hydrogens is 318 g/mol. The van der Waals surface area contributed by atoms with Gasteiger partial charge in [0.15, 0.2) is 0 Å². The van der Waals surface area contributed by atoms with E-state index in [9.17, 15) is 8.42 Å². The normalized spacial score (nSPS) is 11.9. The van der Waals surface area contributed by atoms with Crippen molar-refractivity contribution in [1.29, 1.82) is 0 Å². The lowest BCUT2D eigenvalue weighted by Gasteiger charge is -2.03. The van der Waals surface area contributed by atoms with Gasteiger partial charge in [0.05, 0.1) is 0 Å². The summed E-state index contributed by atoms with van der Waals surface area (Å²) >= 11 is 0.931. The quantitative estimate of drug-likeness (QED) is 0.283. The molecule has 22 heavy (non-hydrogen) atoms. The van der Waals surface area contributed by atoms with Crippen LogP contribution >= 0.6 is 12.0 Å². The van der Waals surface area contributed by atoms with E-state index in [0.29, 0.717) is 5.75 Å². The molecule has 0 aliphatic rings. The first-order chi connectivity index (χ1) is 10.6. The molecular formula is C16H35NO3S2. The Bertz CT molecular complexity index is 321. The Labute approximate surface area is 142 Å². The maximum absolute atomic E-state index is 10.5. The topological polar surface area (TPSA) is 69.4 Å². The maximum atomic E-state index is 10.5. The predicted octanol–water partition coefficient (Wildman–Crippen LogP) is 5.34. The van der Waals surface area contributed by atoms with E-state index in [4.69, 9.17) is 5.14 Å². The van der Waals surface area contributed by atoms with E-state index in [1.165, 1.54) is 77.0 Å². The van der Waals surface area contributed by atoms with Gasteiger partial charge in [0.2, 0.25) is 0 Å². The molecule has 0 aromatic carbocycles. The number of unbranched alkanes of at least 4 members (excludes halogenated alkanes) is 13. The molecule has 0 atom stereocenters. The lowest BCUT2D eigenvalue weighted by molar-refractivity contribution is 0.518. The van der Waals surface area contributed by atoms with Crippen molar-refractivity contribution in [2.24, 2.45) is 5.14 Å². The summed E-state index contributed by atoms with van der Waals surface area (Å²) in [4.78, 5) is 0. The van der Waals surface area contributed by atoms with Crippen molar-refractivity contribution in [3.8, 4) is 0 Å². The Kier molecular flexibility index (Phi) is 16.3. The molecule has 0 aromatic heterocycles. The summed E-state index contributed by atoms with van der Waals surface area (Å²) in [5.41, 5.74) is 0. The summed E-state index contributed by atoms with van der Waals surface area (Å²) in [7, 11) is -3.78. The van der Waals surface area contributed by atoms with E-state index >= 15 is 0 Å². The van der Waals surface area contributed by atoms with Crippen molar-refractivity contribution in [3.05, 3.63) is 0 Å². The zero-order chi connectivity index (χ0) is 16.5. The highest BCUT2D eigenvalue weighted by atomic mass is 32.3. The molecule has 0 heterocycles. The minimum absolute atomic E-state index is 0.689. The van der Waals surface area contributed by atoms with Gasteiger partial charge in [-0.1, -0.05) is 90.4 Å². The summed E-state index contributed by atoms with van der Waals surface area (Å²) in [6.45, 7) is 2.26. The van der Waals surface area contributed by atoms with E-state index in [2.05, 4.69) is 10.6 Å². The summed E-state index contributed by atoms with van der Waals surface area (Å²) < 4.78 is 25.4. The third-order valence-corrected chi connectivity index (χ3v) is 5.32. The number of hydrogen-bond donors (Lipinski definition) is 1. The highest BCUT2D eigenvalue weighted by Crippen LogP contribution is 2.14. The van der Waals surface area contributed by atoms with Crippen LogP contribution in [-0.4, -0.2) is 14.2 Å².